The Balaban J connectivity index is 1.85. The summed E-state index contributed by atoms with van der Waals surface area (Å²) in [6.07, 6.45) is 3.86. The molecule has 0 bridgehead atoms. The molecule has 1 N–H and O–H groups in total. The summed E-state index contributed by atoms with van der Waals surface area (Å²) in [6, 6.07) is 16.2. The van der Waals surface area contributed by atoms with Crippen molar-refractivity contribution in [1.29, 1.82) is 0 Å². The van der Waals surface area contributed by atoms with Gasteiger partial charge in [0.2, 0.25) is 0 Å². The number of nitrogens with zero attached hydrogens (tertiary/aromatic N) is 3. The van der Waals surface area contributed by atoms with Crippen LogP contribution in [0.5, 0.6) is 5.75 Å². The predicted octanol–water partition coefficient (Wildman–Crippen LogP) is 5.09. The molecule has 0 atom stereocenters. The minimum Gasteiger partial charge on any atom is -0.494 e. The number of ether oxygens (including phenoxy) is 1. The lowest BCUT2D eigenvalue weighted by molar-refractivity contribution is 0.340. The summed E-state index contributed by atoms with van der Waals surface area (Å²) in [5, 5.41) is 10.9. The summed E-state index contributed by atoms with van der Waals surface area (Å²) >= 11 is 1.61. The third-order valence-electron chi connectivity index (χ3n) is 4.20. The van der Waals surface area contributed by atoms with Gasteiger partial charge < -0.3 is 9.72 Å². The van der Waals surface area contributed by atoms with Crippen LogP contribution in [0.2, 0.25) is 0 Å². The lowest BCUT2D eigenvalue weighted by Crippen LogP contribution is -2.00. The van der Waals surface area contributed by atoms with Gasteiger partial charge in [-0.3, -0.25) is 4.57 Å². The minimum absolute atomic E-state index is 0.646. The maximum Gasteiger partial charge on any atom is 0.196 e. The molecule has 27 heavy (non-hydrogen) atoms. The Morgan fingerprint density at radius 2 is 1.96 bits per heavy atom. The lowest BCUT2D eigenvalue weighted by Gasteiger charge is -2.11. The highest BCUT2D eigenvalue weighted by atomic mass is 32.2. The summed E-state index contributed by atoms with van der Waals surface area (Å²) in [7, 11) is 0. The van der Waals surface area contributed by atoms with Crippen LogP contribution in [0.3, 0.4) is 0 Å². The maximum atomic E-state index is 5.57. The summed E-state index contributed by atoms with van der Waals surface area (Å²) < 4.78 is 7.65. The molecule has 0 aliphatic rings. The smallest absolute Gasteiger partial charge is 0.196 e. The Morgan fingerprint density at radius 1 is 1.15 bits per heavy atom. The molecule has 0 fully saturated rings. The van der Waals surface area contributed by atoms with E-state index < -0.39 is 0 Å². The van der Waals surface area contributed by atoms with Crippen LogP contribution in [-0.4, -0.2) is 32.1 Å². The van der Waals surface area contributed by atoms with E-state index >= 15 is 0 Å². The molecule has 136 valence electrons. The fraction of sp³-hybridized carbons (Fsp3) is 0.143. The van der Waals surface area contributed by atoms with Crippen LogP contribution in [0.1, 0.15) is 6.92 Å². The molecule has 0 aliphatic carbocycles. The minimum atomic E-state index is 0.646. The fourth-order valence-corrected chi connectivity index (χ4v) is 3.71. The Kier molecular flexibility index (Phi) is 4.98. The molecule has 0 saturated carbocycles. The summed E-state index contributed by atoms with van der Waals surface area (Å²) in [4.78, 5) is 3.32. The molecule has 4 rings (SSSR count). The Bertz CT molecular complexity index is 1070. The van der Waals surface area contributed by atoms with Crippen molar-refractivity contribution in [2.75, 3.05) is 12.4 Å². The highest BCUT2D eigenvalue weighted by Gasteiger charge is 2.18. The number of aromatic nitrogens is 4. The van der Waals surface area contributed by atoms with E-state index in [1.807, 2.05) is 55.6 Å². The van der Waals surface area contributed by atoms with E-state index in [1.165, 1.54) is 0 Å². The van der Waals surface area contributed by atoms with Crippen molar-refractivity contribution in [2.24, 2.45) is 0 Å². The molecule has 0 aliphatic heterocycles. The van der Waals surface area contributed by atoms with Crippen LogP contribution in [0.4, 0.5) is 0 Å². The number of fused-ring (bicyclic) bond motifs is 1. The molecule has 2 aromatic heterocycles. The Hall–Kier alpha value is -2.99. The number of hydrogen-bond acceptors (Lipinski definition) is 4. The van der Waals surface area contributed by atoms with E-state index in [2.05, 4.69) is 38.5 Å². The second-order valence-electron chi connectivity index (χ2n) is 5.92. The van der Waals surface area contributed by atoms with E-state index in [0.29, 0.717) is 6.61 Å². The van der Waals surface area contributed by atoms with Crippen LogP contribution in [0, 0.1) is 0 Å². The van der Waals surface area contributed by atoms with E-state index in [4.69, 9.17) is 4.74 Å². The molecule has 6 heteroatoms. The summed E-state index contributed by atoms with van der Waals surface area (Å²) in [5.74, 6) is 2.43. The van der Waals surface area contributed by atoms with Crippen molar-refractivity contribution in [2.45, 2.75) is 12.1 Å². The number of benzene rings is 2. The maximum absolute atomic E-state index is 5.57. The van der Waals surface area contributed by atoms with Crippen molar-refractivity contribution in [3.63, 3.8) is 0 Å². The van der Waals surface area contributed by atoms with Crippen LogP contribution < -0.4 is 4.74 Å². The first-order valence-corrected chi connectivity index (χ1v) is 9.79. The second-order valence-corrected chi connectivity index (χ2v) is 6.90. The number of thioether (sulfide) groups is 1. The van der Waals surface area contributed by atoms with Crippen molar-refractivity contribution >= 4 is 22.7 Å². The average Bonchev–Trinajstić information content (AvgIpc) is 3.31. The number of hydrogen-bond donors (Lipinski definition) is 1. The Morgan fingerprint density at radius 3 is 2.74 bits per heavy atom. The van der Waals surface area contributed by atoms with Gasteiger partial charge >= 0.3 is 0 Å². The van der Waals surface area contributed by atoms with E-state index in [0.717, 1.165) is 44.6 Å². The van der Waals surface area contributed by atoms with Crippen LogP contribution in [-0.2, 0) is 0 Å². The molecular formula is C21H20N4OS. The summed E-state index contributed by atoms with van der Waals surface area (Å²) in [6.45, 7) is 6.43. The second kappa shape index (κ2) is 7.72. The van der Waals surface area contributed by atoms with Crippen molar-refractivity contribution < 1.29 is 4.74 Å². The monoisotopic (exact) mass is 376 g/mol. The van der Waals surface area contributed by atoms with Gasteiger partial charge in [0.25, 0.3) is 0 Å². The number of nitrogens with one attached hydrogen (secondary N) is 1. The highest BCUT2D eigenvalue weighted by Crippen LogP contribution is 2.32. The molecule has 0 spiro atoms. The van der Waals surface area contributed by atoms with Crippen LogP contribution in [0.25, 0.3) is 28.0 Å². The number of H-pyrrole nitrogens is 1. The van der Waals surface area contributed by atoms with Gasteiger partial charge in [0, 0.05) is 34.1 Å². The molecule has 0 amide bonds. The predicted molar refractivity (Wildman–Crippen MR) is 111 cm³/mol. The largest absolute Gasteiger partial charge is 0.494 e. The van der Waals surface area contributed by atoms with Crippen LogP contribution in [0.15, 0.2) is 72.5 Å². The zero-order valence-electron chi connectivity index (χ0n) is 15.1. The number of rotatable bonds is 7. The molecule has 0 unspecified atom stereocenters. The van der Waals surface area contributed by atoms with E-state index in [-0.39, 0.29) is 0 Å². The van der Waals surface area contributed by atoms with E-state index in [9.17, 15) is 0 Å². The third-order valence-corrected chi connectivity index (χ3v) is 5.12. The molecule has 4 aromatic rings. The van der Waals surface area contributed by atoms with Gasteiger partial charge in [0.1, 0.15) is 5.75 Å². The average molecular weight is 376 g/mol. The van der Waals surface area contributed by atoms with Gasteiger partial charge in [-0.1, -0.05) is 36.0 Å². The third kappa shape index (κ3) is 3.36. The molecule has 2 heterocycles. The first-order valence-electron chi connectivity index (χ1n) is 8.80. The van der Waals surface area contributed by atoms with Gasteiger partial charge in [-0.25, -0.2) is 0 Å². The van der Waals surface area contributed by atoms with Gasteiger partial charge in [-0.05, 0) is 37.3 Å². The highest BCUT2D eigenvalue weighted by molar-refractivity contribution is 7.99. The zero-order valence-corrected chi connectivity index (χ0v) is 15.9. The topological polar surface area (TPSA) is 55.7 Å². The first kappa shape index (κ1) is 17.4. The standard InChI is InChI=1S/C21H20N4OS/c1-3-13-27-21-24-23-20(18-14-22-19-8-6-5-7-17(18)19)25(21)15-9-11-16(12-10-15)26-4-2/h3,5-12,14,22H,1,4,13H2,2H3. The van der Waals surface area contributed by atoms with E-state index in [1.54, 1.807) is 11.8 Å². The quantitative estimate of drug-likeness (QED) is 0.360. The molecule has 0 saturated heterocycles. The molecule has 0 radical (unpaired) electrons. The fourth-order valence-electron chi connectivity index (χ4n) is 3.02. The van der Waals surface area contributed by atoms with Gasteiger partial charge in [-0.15, -0.1) is 16.8 Å². The van der Waals surface area contributed by atoms with Crippen molar-refractivity contribution in [3.8, 4) is 22.8 Å². The van der Waals surface area contributed by atoms with Gasteiger partial charge in [0.15, 0.2) is 11.0 Å². The zero-order chi connectivity index (χ0) is 18.6. The number of aromatic amines is 1. The van der Waals surface area contributed by atoms with Crippen molar-refractivity contribution in [1.82, 2.24) is 19.7 Å². The normalized spacial score (nSPS) is 11.0. The van der Waals surface area contributed by atoms with Gasteiger partial charge in [0.05, 0.1) is 6.61 Å². The SMILES string of the molecule is C=CCSc1nnc(-c2c[nH]c3ccccc23)n1-c1ccc(OCC)cc1. The van der Waals surface area contributed by atoms with Gasteiger partial charge in [-0.2, -0.15) is 0 Å². The Labute approximate surface area is 162 Å². The lowest BCUT2D eigenvalue weighted by atomic mass is 10.1. The number of para-hydroxylation sites is 1. The van der Waals surface area contributed by atoms with Crippen molar-refractivity contribution in [3.05, 3.63) is 67.4 Å². The summed E-state index contributed by atoms with van der Waals surface area (Å²) in [5.41, 5.74) is 3.10. The first-order chi connectivity index (χ1) is 13.3. The molecule has 5 nitrogen and oxygen atoms in total. The van der Waals surface area contributed by atoms with Crippen LogP contribution >= 0.6 is 11.8 Å². The molecular weight excluding hydrogens is 356 g/mol. The molecule has 2 aromatic carbocycles.